The second-order valence-electron chi connectivity index (χ2n) is 9.59. The van der Waals surface area contributed by atoms with Gasteiger partial charge in [-0.1, -0.05) is 32.9 Å². The number of ether oxygens (including phenoxy) is 2. The molecule has 7 nitrogen and oxygen atoms in total. The van der Waals surface area contributed by atoms with Crippen molar-refractivity contribution >= 4 is 5.91 Å². The van der Waals surface area contributed by atoms with Gasteiger partial charge in [-0.2, -0.15) is 0 Å². The molecule has 1 saturated heterocycles. The Morgan fingerprint density at radius 2 is 2.00 bits per heavy atom. The highest BCUT2D eigenvalue weighted by Gasteiger charge is 2.40. The van der Waals surface area contributed by atoms with Crippen LogP contribution >= 0.6 is 0 Å². The zero-order valence-corrected chi connectivity index (χ0v) is 18.8. The van der Waals surface area contributed by atoms with Gasteiger partial charge < -0.3 is 20.3 Å². The molecule has 0 unspecified atom stereocenters. The zero-order chi connectivity index (χ0) is 21.9. The molecule has 0 aromatic heterocycles. The Kier molecular flexibility index (Phi) is 7.39. The van der Waals surface area contributed by atoms with E-state index in [1.54, 1.807) is 0 Å². The van der Waals surface area contributed by atoms with E-state index in [0.29, 0.717) is 12.3 Å². The number of nitrogens with two attached hydrogens (primary N) is 1. The van der Waals surface area contributed by atoms with Crippen LogP contribution in [0.3, 0.4) is 0 Å². The Balaban J connectivity index is 1.71. The lowest BCUT2D eigenvalue weighted by molar-refractivity contribution is -0.119. The van der Waals surface area contributed by atoms with E-state index in [0.717, 1.165) is 50.3 Å². The number of primary amides is 1. The van der Waals surface area contributed by atoms with E-state index in [9.17, 15) is 9.90 Å². The summed E-state index contributed by atoms with van der Waals surface area (Å²) in [4.78, 5) is 15.8. The first kappa shape index (κ1) is 23.0. The number of rotatable bonds is 7. The van der Waals surface area contributed by atoms with Gasteiger partial charge in [0.05, 0.1) is 19.3 Å². The van der Waals surface area contributed by atoms with E-state index >= 15 is 0 Å². The van der Waals surface area contributed by atoms with Gasteiger partial charge in [0, 0.05) is 37.3 Å². The summed E-state index contributed by atoms with van der Waals surface area (Å²) < 4.78 is 11.2. The van der Waals surface area contributed by atoms with Crippen molar-refractivity contribution in [1.82, 2.24) is 9.80 Å². The smallest absolute Gasteiger partial charge is 0.255 e. The summed E-state index contributed by atoms with van der Waals surface area (Å²) in [6.45, 7) is 10.2. The number of aliphatic hydroxyl groups excluding tert-OH is 1. The third-order valence-electron chi connectivity index (χ3n) is 6.35. The Morgan fingerprint density at radius 1 is 1.30 bits per heavy atom. The molecule has 1 saturated carbocycles. The van der Waals surface area contributed by atoms with Gasteiger partial charge in [0.15, 0.2) is 6.61 Å². The zero-order valence-electron chi connectivity index (χ0n) is 18.8. The maximum atomic E-state index is 11.3. The topological polar surface area (TPSA) is 88.3 Å². The molecule has 0 bridgehead atoms. The van der Waals surface area contributed by atoms with Crippen LogP contribution in [0.15, 0.2) is 18.2 Å². The molecule has 168 valence electrons. The Bertz CT molecular complexity index is 728. The fourth-order valence-corrected chi connectivity index (χ4v) is 4.55. The highest BCUT2D eigenvalue weighted by molar-refractivity contribution is 5.75. The first-order chi connectivity index (χ1) is 14.2. The SMILES string of the molecule is CN(Cc1ccc(C(C)(C)C)cc1OCC(N)=O)[C@@H]1CC[C@@H](N2CCOCC2)[C@@H]1O. The highest BCUT2D eigenvalue weighted by atomic mass is 16.5. The molecule has 1 amide bonds. The van der Waals surface area contributed by atoms with Crippen molar-refractivity contribution in [3.8, 4) is 5.75 Å². The summed E-state index contributed by atoms with van der Waals surface area (Å²) >= 11 is 0. The van der Waals surface area contributed by atoms with Crippen LogP contribution in [0.5, 0.6) is 5.75 Å². The standard InChI is InChI=1S/C23H37N3O4/c1-23(2,3)17-6-5-16(20(13-17)30-15-21(24)27)14-25(4)18-7-8-19(22(18)28)26-9-11-29-12-10-26/h5-6,13,18-19,22,28H,7-12,14-15H2,1-4H3,(H2,24,27)/t18-,19-,22-/m1/s1. The number of nitrogens with zero attached hydrogens (tertiary/aromatic N) is 2. The molecule has 3 rings (SSSR count). The Hall–Kier alpha value is -1.67. The number of carbonyl (C=O) groups excluding carboxylic acids is 1. The summed E-state index contributed by atoms with van der Waals surface area (Å²) in [6, 6.07) is 6.46. The fourth-order valence-electron chi connectivity index (χ4n) is 4.55. The van der Waals surface area contributed by atoms with Crippen molar-refractivity contribution in [3.63, 3.8) is 0 Å². The molecule has 1 aliphatic heterocycles. The minimum absolute atomic E-state index is 0.0255. The molecular formula is C23H37N3O4. The van der Waals surface area contributed by atoms with Gasteiger partial charge >= 0.3 is 0 Å². The second kappa shape index (κ2) is 9.64. The monoisotopic (exact) mass is 419 g/mol. The number of carbonyl (C=O) groups is 1. The average molecular weight is 420 g/mol. The number of hydrogen-bond donors (Lipinski definition) is 2. The lowest BCUT2D eigenvalue weighted by Crippen LogP contribution is -2.50. The number of aliphatic hydroxyl groups is 1. The van der Waals surface area contributed by atoms with E-state index in [2.05, 4.69) is 42.7 Å². The summed E-state index contributed by atoms with van der Waals surface area (Å²) in [5.41, 5.74) is 7.41. The van der Waals surface area contributed by atoms with Crippen LogP contribution in [-0.4, -0.2) is 79.0 Å². The van der Waals surface area contributed by atoms with Crippen molar-refractivity contribution in [1.29, 1.82) is 0 Å². The summed E-state index contributed by atoms with van der Waals surface area (Å²) in [5.74, 6) is 0.195. The minimum atomic E-state index is -0.491. The van der Waals surface area contributed by atoms with Gasteiger partial charge in [0.1, 0.15) is 5.75 Å². The number of likely N-dealkylation sites (N-methyl/N-ethyl adjacent to an activating group) is 1. The largest absolute Gasteiger partial charge is 0.483 e. The minimum Gasteiger partial charge on any atom is -0.483 e. The fraction of sp³-hybridized carbons (Fsp3) is 0.696. The van der Waals surface area contributed by atoms with Crippen LogP contribution in [0.25, 0.3) is 0 Å². The third-order valence-corrected chi connectivity index (χ3v) is 6.35. The van der Waals surface area contributed by atoms with E-state index in [4.69, 9.17) is 15.2 Å². The summed E-state index contributed by atoms with van der Waals surface area (Å²) in [5, 5.41) is 11.0. The first-order valence-electron chi connectivity index (χ1n) is 10.9. The molecule has 0 spiro atoms. The molecule has 3 N–H and O–H groups in total. The molecule has 30 heavy (non-hydrogen) atoms. The van der Waals surface area contributed by atoms with Crippen molar-refractivity contribution in [2.45, 2.75) is 63.8 Å². The van der Waals surface area contributed by atoms with Crippen LogP contribution < -0.4 is 10.5 Å². The predicted molar refractivity (Wildman–Crippen MR) is 117 cm³/mol. The average Bonchev–Trinajstić information content (AvgIpc) is 3.08. The summed E-state index contributed by atoms with van der Waals surface area (Å²) in [6.07, 6.45) is 1.55. The van der Waals surface area contributed by atoms with Crippen LogP contribution in [0.2, 0.25) is 0 Å². The van der Waals surface area contributed by atoms with Crippen LogP contribution in [0.1, 0.15) is 44.7 Å². The van der Waals surface area contributed by atoms with E-state index in [-0.39, 0.29) is 24.1 Å². The molecule has 1 aromatic carbocycles. The number of amides is 1. The predicted octanol–water partition coefficient (Wildman–Crippen LogP) is 1.50. The van der Waals surface area contributed by atoms with Gasteiger partial charge in [-0.05, 0) is 36.9 Å². The lowest BCUT2D eigenvalue weighted by atomic mass is 9.86. The van der Waals surface area contributed by atoms with E-state index in [1.807, 2.05) is 13.1 Å². The van der Waals surface area contributed by atoms with Crippen molar-refractivity contribution in [2.75, 3.05) is 40.0 Å². The van der Waals surface area contributed by atoms with Crippen LogP contribution in [0.4, 0.5) is 0 Å². The lowest BCUT2D eigenvalue weighted by Gasteiger charge is -2.36. The van der Waals surface area contributed by atoms with Gasteiger partial charge in [-0.15, -0.1) is 0 Å². The maximum absolute atomic E-state index is 11.3. The van der Waals surface area contributed by atoms with Crippen molar-refractivity contribution in [2.24, 2.45) is 5.73 Å². The number of benzene rings is 1. The Morgan fingerprint density at radius 3 is 2.63 bits per heavy atom. The number of morpholine rings is 1. The molecule has 2 aliphatic rings. The normalized spacial score (nSPS) is 25.6. The molecule has 1 aliphatic carbocycles. The van der Waals surface area contributed by atoms with Gasteiger partial charge in [-0.25, -0.2) is 0 Å². The first-order valence-corrected chi connectivity index (χ1v) is 10.9. The number of hydrogen-bond acceptors (Lipinski definition) is 6. The van der Waals surface area contributed by atoms with Crippen LogP contribution in [0, 0.1) is 0 Å². The molecule has 7 heteroatoms. The molecule has 1 heterocycles. The third kappa shape index (κ3) is 5.52. The molecule has 0 radical (unpaired) electrons. The Labute approximate surface area is 180 Å². The maximum Gasteiger partial charge on any atom is 0.255 e. The second-order valence-corrected chi connectivity index (χ2v) is 9.59. The molecule has 2 fully saturated rings. The van der Waals surface area contributed by atoms with E-state index < -0.39 is 12.0 Å². The van der Waals surface area contributed by atoms with Crippen molar-refractivity contribution < 1.29 is 19.4 Å². The summed E-state index contributed by atoms with van der Waals surface area (Å²) in [7, 11) is 2.05. The van der Waals surface area contributed by atoms with Gasteiger partial charge in [0.25, 0.3) is 5.91 Å². The van der Waals surface area contributed by atoms with Crippen LogP contribution in [-0.2, 0) is 21.5 Å². The quantitative estimate of drug-likeness (QED) is 0.696. The molecule has 1 aromatic rings. The molecular weight excluding hydrogens is 382 g/mol. The van der Waals surface area contributed by atoms with Crippen molar-refractivity contribution in [3.05, 3.63) is 29.3 Å². The molecule has 3 atom stereocenters. The highest BCUT2D eigenvalue weighted by Crippen LogP contribution is 2.32. The van der Waals surface area contributed by atoms with Gasteiger partial charge in [-0.3, -0.25) is 14.6 Å². The van der Waals surface area contributed by atoms with Gasteiger partial charge in [0.2, 0.25) is 0 Å². The van der Waals surface area contributed by atoms with E-state index in [1.165, 1.54) is 0 Å².